The Morgan fingerprint density at radius 2 is 2.04 bits per heavy atom. The average Bonchev–Trinajstić information content (AvgIpc) is 3.10. The summed E-state index contributed by atoms with van der Waals surface area (Å²) in [7, 11) is 0. The SMILES string of the molecule is CC1Oc2ccccc2OC1C(=O)N1CCC(Oc2cnccn2)C1. The second kappa shape index (κ2) is 6.58. The maximum atomic E-state index is 12.9. The van der Waals surface area contributed by atoms with E-state index in [4.69, 9.17) is 14.2 Å². The molecule has 3 atom stereocenters. The van der Waals surface area contributed by atoms with Crippen molar-refractivity contribution >= 4 is 5.91 Å². The lowest BCUT2D eigenvalue weighted by atomic mass is 10.1. The monoisotopic (exact) mass is 341 g/mol. The zero-order chi connectivity index (χ0) is 17.2. The summed E-state index contributed by atoms with van der Waals surface area (Å²) in [5.74, 6) is 1.67. The van der Waals surface area contributed by atoms with Gasteiger partial charge in [0.15, 0.2) is 11.5 Å². The summed E-state index contributed by atoms with van der Waals surface area (Å²) in [5.41, 5.74) is 0. The van der Waals surface area contributed by atoms with E-state index in [9.17, 15) is 4.79 Å². The van der Waals surface area contributed by atoms with Crippen molar-refractivity contribution in [3.05, 3.63) is 42.9 Å². The number of rotatable bonds is 3. The van der Waals surface area contributed by atoms with Gasteiger partial charge in [-0.15, -0.1) is 0 Å². The van der Waals surface area contributed by atoms with Crippen molar-refractivity contribution in [2.45, 2.75) is 31.7 Å². The molecule has 7 nitrogen and oxygen atoms in total. The minimum absolute atomic E-state index is 0.0766. The van der Waals surface area contributed by atoms with Gasteiger partial charge in [0.25, 0.3) is 5.91 Å². The molecule has 0 radical (unpaired) electrons. The number of nitrogens with zero attached hydrogens (tertiary/aromatic N) is 3. The Balaban J connectivity index is 1.40. The Bertz CT molecular complexity index is 755. The average molecular weight is 341 g/mol. The molecule has 0 bridgehead atoms. The van der Waals surface area contributed by atoms with E-state index < -0.39 is 6.10 Å². The normalized spacial score (nSPS) is 24.8. The highest BCUT2D eigenvalue weighted by Crippen LogP contribution is 2.34. The van der Waals surface area contributed by atoms with Gasteiger partial charge in [0.2, 0.25) is 12.0 Å². The predicted molar refractivity (Wildman–Crippen MR) is 88.6 cm³/mol. The van der Waals surface area contributed by atoms with Gasteiger partial charge >= 0.3 is 0 Å². The molecule has 3 heterocycles. The van der Waals surface area contributed by atoms with Gasteiger partial charge in [-0.2, -0.15) is 0 Å². The Labute approximate surface area is 145 Å². The number of benzene rings is 1. The van der Waals surface area contributed by atoms with Crippen LogP contribution < -0.4 is 14.2 Å². The van der Waals surface area contributed by atoms with Gasteiger partial charge in [-0.3, -0.25) is 9.78 Å². The van der Waals surface area contributed by atoms with Crippen LogP contribution in [0.1, 0.15) is 13.3 Å². The number of hydrogen-bond donors (Lipinski definition) is 0. The van der Waals surface area contributed by atoms with Crippen LogP contribution in [0.3, 0.4) is 0 Å². The van der Waals surface area contributed by atoms with Crippen molar-refractivity contribution < 1.29 is 19.0 Å². The first kappa shape index (κ1) is 15.7. The Hall–Kier alpha value is -2.83. The zero-order valence-electron chi connectivity index (χ0n) is 13.9. The number of aromatic nitrogens is 2. The molecule has 1 amide bonds. The predicted octanol–water partition coefficient (Wildman–Crippen LogP) is 1.68. The quantitative estimate of drug-likeness (QED) is 0.846. The first-order valence-electron chi connectivity index (χ1n) is 8.34. The standard InChI is InChI=1S/C18H19N3O4/c1-12-17(25-15-5-3-2-4-14(15)23-12)18(22)21-9-6-13(11-21)24-16-10-19-7-8-20-16/h2-5,7-8,10,12-13,17H,6,9,11H2,1H3. The molecule has 0 aliphatic carbocycles. The number of fused-ring (bicyclic) bond motifs is 1. The number of ether oxygens (including phenoxy) is 3. The molecule has 3 unspecified atom stereocenters. The largest absolute Gasteiger partial charge is 0.482 e. The minimum Gasteiger partial charge on any atom is -0.482 e. The number of likely N-dealkylation sites (tertiary alicyclic amines) is 1. The molecule has 7 heteroatoms. The van der Waals surface area contributed by atoms with Gasteiger partial charge in [0, 0.05) is 25.4 Å². The van der Waals surface area contributed by atoms with E-state index in [-0.39, 0.29) is 18.1 Å². The molecule has 130 valence electrons. The number of amides is 1. The molecular weight excluding hydrogens is 322 g/mol. The second-order valence-corrected chi connectivity index (χ2v) is 6.16. The molecule has 4 rings (SSSR count). The molecule has 0 N–H and O–H groups in total. The molecule has 1 aromatic heterocycles. The molecule has 2 aliphatic heterocycles. The van der Waals surface area contributed by atoms with E-state index in [2.05, 4.69) is 9.97 Å². The molecule has 0 saturated carbocycles. The highest BCUT2D eigenvalue weighted by atomic mass is 16.6. The van der Waals surface area contributed by atoms with Gasteiger partial charge in [0.05, 0.1) is 12.7 Å². The van der Waals surface area contributed by atoms with Crippen LogP contribution in [0.5, 0.6) is 17.4 Å². The summed E-state index contributed by atoms with van der Waals surface area (Å²) < 4.78 is 17.5. The summed E-state index contributed by atoms with van der Waals surface area (Å²) in [4.78, 5) is 22.7. The number of para-hydroxylation sites is 2. The lowest BCUT2D eigenvalue weighted by Crippen LogP contribution is -2.50. The Morgan fingerprint density at radius 3 is 2.80 bits per heavy atom. The highest BCUT2D eigenvalue weighted by molar-refractivity contribution is 5.82. The van der Waals surface area contributed by atoms with Crippen LogP contribution >= 0.6 is 0 Å². The molecule has 0 spiro atoms. The van der Waals surface area contributed by atoms with E-state index >= 15 is 0 Å². The van der Waals surface area contributed by atoms with Gasteiger partial charge in [-0.05, 0) is 19.1 Å². The topological polar surface area (TPSA) is 73.8 Å². The van der Waals surface area contributed by atoms with Crippen LogP contribution in [0, 0.1) is 0 Å². The molecule has 2 aliphatic rings. The van der Waals surface area contributed by atoms with Crippen LogP contribution in [-0.2, 0) is 4.79 Å². The third-order valence-corrected chi connectivity index (χ3v) is 4.37. The third kappa shape index (κ3) is 3.22. The summed E-state index contributed by atoms with van der Waals surface area (Å²) >= 11 is 0. The number of hydrogen-bond acceptors (Lipinski definition) is 6. The molecule has 1 saturated heterocycles. The zero-order valence-corrected chi connectivity index (χ0v) is 13.9. The molecule has 2 aromatic rings. The van der Waals surface area contributed by atoms with Crippen molar-refractivity contribution in [3.63, 3.8) is 0 Å². The van der Waals surface area contributed by atoms with Crippen LogP contribution in [0.2, 0.25) is 0 Å². The van der Waals surface area contributed by atoms with E-state index in [0.29, 0.717) is 30.5 Å². The second-order valence-electron chi connectivity index (χ2n) is 6.16. The molecular formula is C18H19N3O4. The molecule has 1 aromatic carbocycles. The number of carbonyl (C=O) groups is 1. The number of carbonyl (C=O) groups excluding carboxylic acids is 1. The van der Waals surface area contributed by atoms with Crippen molar-refractivity contribution in [1.29, 1.82) is 0 Å². The van der Waals surface area contributed by atoms with Gasteiger partial charge in [0.1, 0.15) is 12.2 Å². The fraction of sp³-hybridized carbons (Fsp3) is 0.389. The van der Waals surface area contributed by atoms with E-state index in [1.807, 2.05) is 31.2 Å². The van der Waals surface area contributed by atoms with Crippen LogP contribution in [0.25, 0.3) is 0 Å². The van der Waals surface area contributed by atoms with E-state index in [1.165, 1.54) is 0 Å². The van der Waals surface area contributed by atoms with Crippen molar-refractivity contribution in [1.82, 2.24) is 14.9 Å². The van der Waals surface area contributed by atoms with Gasteiger partial charge in [-0.1, -0.05) is 12.1 Å². The van der Waals surface area contributed by atoms with E-state index in [0.717, 1.165) is 6.42 Å². The molecule has 1 fully saturated rings. The fourth-order valence-corrected chi connectivity index (χ4v) is 3.11. The Morgan fingerprint density at radius 1 is 1.24 bits per heavy atom. The van der Waals surface area contributed by atoms with Crippen molar-refractivity contribution in [2.24, 2.45) is 0 Å². The maximum Gasteiger partial charge on any atom is 0.267 e. The Kier molecular flexibility index (Phi) is 4.13. The third-order valence-electron chi connectivity index (χ3n) is 4.37. The van der Waals surface area contributed by atoms with Crippen molar-refractivity contribution in [2.75, 3.05) is 13.1 Å². The van der Waals surface area contributed by atoms with Crippen LogP contribution in [0.15, 0.2) is 42.9 Å². The minimum atomic E-state index is -0.648. The summed E-state index contributed by atoms with van der Waals surface area (Å²) in [6.45, 7) is 2.98. The highest BCUT2D eigenvalue weighted by Gasteiger charge is 2.39. The summed E-state index contributed by atoms with van der Waals surface area (Å²) in [6, 6.07) is 7.39. The maximum absolute atomic E-state index is 12.9. The fourth-order valence-electron chi connectivity index (χ4n) is 3.11. The van der Waals surface area contributed by atoms with E-state index in [1.54, 1.807) is 23.5 Å². The first-order valence-corrected chi connectivity index (χ1v) is 8.34. The summed E-state index contributed by atoms with van der Waals surface area (Å²) in [6.07, 6.45) is 4.42. The van der Waals surface area contributed by atoms with Crippen molar-refractivity contribution in [3.8, 4) is 17.4 Å². The van der Waals surface area contributed by atoms with Gasteiger partial charge < -0.3 is 19.1 Å². The summed E-state index contributed by atoms with van der Waals surface area (Å²) in [5, 5.41) is 0. The van der Waals surface area contributed by atoms with Gasteiger partial charge in [-0.25, -0.2) is 4.98 Å². The van der Waals surface area contributed by atoms with Crippen LogP contribution in [0.4, 0.5) is 0 Å². The molecule has 25 heavy (non-hydrogen) atoms. The lowest BCUT2D eigenvalue weighted by Gasteiger charge is -2.33. The van der Waals surface area contributed by atoms with Crippen LogP contribution in [-0.4, -0.2) is 52.2 Å². The first-order chi connectivity index (χ1) is 12.2. The lowest BCUT2D eigenvalue weighted by molar-refractivity contribution is -0.143. The smallest absolute Gasteiger partial charge is 0.267 e.